The second-order valence-corrected chi connectivity index (χ2v) is 15.4. The first-order chi connectivity index (χ1) is 19.1. The summed E-state index contributed by atoms with van der Waals surface area (Å²) >= 11 is 0. The average Bonchev–Trinajstić information content (AvgIpc) is 3.11. The SMILES string of the molecule is CCCCc1cc(CCCC)cc(-c2c(C)c(C)c(C)[c-]2C[SiH](c2cc(C)cc(C)c2)c2cc(C)cc(C)c2)c1.[Cl-].[Cl-].[Cl-].[Ti+4]. The van der Waals surface area contributed by atoms with Gasteiger partial charge in [-0.1, -0.05) is 157 Å². The van der Waals surface area contributed by atoms with Crippen LogP contribution in [0.25, 0.3) is 11.1 Å². The molecule has 0 fully saturated rings. The number of hydrogen-bond donors (Lipinski definition) is 0. The number of rotatable bonds is 11. The number of unbranched alkanes of at least 4 members (excludes halogenated alkanes) is 2. The fraction of sp³-hybridized carbons (Fsp3) is 0.410. The standard InChI is InChI=1S/C39H51Si.3ClH.Ti/c1-10-12-14-33-22-34(15-13-11-2)24-35(23-33)39-32(9)30(7)31(8)38(39)25-40(36-18-26(3)16-27(4)19-36)37-20-28(5)17-29(6)21-37;;;;/h16-24,40H,10-15,25H2,1-9H3;3*1H;/q-1;;;;+4/p-3. The summed E-state index contributed by atoms with van der Waals surface area (Å²) in [5.41, 5.74) is 17.6. The van der Waals surface area contributed by atoms with E-state index in [1.165, 1.54) is 99.7 Å². The molecule has 0 N–H and O–H groups in total. The Kier molecular flexibility index (Phi) is 18.9. The van der Waals surface area contributed by atoms with Crippen molar-refractivity contribution in [1.82, 2.24) is 0 Å². The Labute approximate surface area is 304 Å². The van der Waals surface area contributed by atoms with Crippen molar-refractivity contribution in [1.29, 1.82) is 0 Å². The van der Waals surface area contributed by atoms with Crippen molar-refractivity contribution in [2.75, 3.05) is 0 Å². The summed E-state index contributed by atoms with van der Waals surface area (Å²) in [4.78, 5) is 0. The second kappa shape index (κ2) is 19.5. The minimum atomic E-state index is -1.54. The van der Waals surface area contributed by atoms with Crippen LogP contribution >= 0.6 is 0 Å². The minimum absolute atomic E-state index is 0. The van der Waals surface area contributed by atoms with Gasteiger partial charge in [-0.3, -0.25) is 0 Å². The molecule has 4 aromatic carbocycles. The monoisotopic (exact) mass is 700 g/mol. The van der Waals surface area contributed by atoms with Crippen molar-refractivity contribution in [3.8, 4) is 11.1 Å². The first-order valence-electron chi connectivity index (χ1n) is 15.7. The summed E-state index contributed by atoms with van der Waals surface area (Å²) in [5.74, 6) is 0. The fourth-order valence-corrected chi connectivity index (χ4v) is 10.4. The van der Waals surface area contributed by atoms with Crippen LogP contribution in [0, 0.1) is 48.5 Å². The van der Waals surface area contributed by atoms with Crippen molar-refractivity contribution in [2.45, 2.75) is 107 Å². The molecule has 0 unspecified atom stereocenters. The third-order valence-corrected chi connectivity index (χ3v) is 12.0. The van der Waals surface area contributed by atoms with Gasteiger partial charge in [0.05, 0.1) is 8.80 Å². The van der Waals surface area contributed by atoms with Crippen molar-refractivity contribution in [3.63, 3.8) is 0 Å². The Morgan fingerprint density at radius 2 is 0.955 bits per heavy atom. The number of aryl methyl sites for hydroxylation is 6. The topological polar surface area (TPSA) is 0 Å². The van der Waals surface area contributed by atoms with Crippen molar-refractivity contribution in [2.24, 2.45) is 0 Å². The largest absolute Gasteiger partial charge is 4.00 e. The van der Waals surface area contributed by atoms with Crippen LogP contribution in [0.2, 0.25) is 0 Å². The number of halogens is 3. The molecule has 0 aliphatic rings. The van der Waals surface area contributed by atoms with Gasteiger partial charge >= 0.3 is 21.7 Å². The molecule has 0 atom stereocenters. The van der Waals surface area contributed by atoms with E-state index < -0.39 is 8.80 Å². The maximum atomic E-state index is 2.53. The van der Waals surface area contributed by atoms with Crippen LogP contribution in [-0.4, -0.2) is 8.80 Å². The number of benzene rings is 3. The summed E-state index contributed by atoms with van der Waals surface area (Å²) in [7, 11) is -1.54. The normalized spacial score (nSPS) is 10.5. The molecule has 0 radical (unpaired) electrons. The van der Waals surface area contributed by atoms with Gasteiger partial charge in [-0.15, -0.1) is 16.7 Å². The Bertz CT molecular complexity index is 1370. The Hall–Kier alpha value is -1.19. The van der Waals surface area contributed by atoms with E-state index in [0.717, 1.165) is 6.04 Å². The van der Waals surface area contributed by atoms with Gasteiger partial charge in [-0.25, -0.2) is 0 Å². The molecule has 0 spiro atoms. The third-order valence-electron chi connectivity index (χ3n) is 8.93. The molecule has 0 saturated carbocycles. The molecule has 236 valence electrons. The third kappa shape index (κ3) is 10.4. The van der Waals surface area contributed by atoms with Gasteiger partial charge in [-0.2, -0.15) is 11.1 Å². The van der Waals surface area contributed by atoms with Crippen molar-refractivity contribution in [3.05, 3.63) is 110 Å². The molecule has 0 heterocycles. The quantitative estimate of drug-likeness (QED) is 0.153. The minimum Gasteiger partial charge on any atom is -1.00 e. The zero-order chi connectivity index (χ0) is 29.0. The summed E-state index contributed by atoms with van der Waals surface area (Å²) in [6.07, 6.45) is 7.36. The molecule has 0 aliphatic carbocycles. The van der Waals surface area contributed by atoms with E-state index in [0.29, 0.717) is 0 Å². The molecule has 0 aromatic heterocycles. The van der Waals surface area contributed by atoms with Gasteiger partial charge in [0, 0.05) is 0 Å². The van der Waals surface area contributed by atoms with Gasteiger partial charge in [-0.05, 0) is 53.4 Å². The zero-order valence-corrected chi connectivity index (χ0v) is 33.3. The molecule has 5 heteroatoms. The van der Waals surface area contributed by atoms with Crippen LogP contribution in [0.3, 0.4) is 0 Å². The van der Waals surface area contributed by atoms with E-state index in [1.807, 2.05) is 0 Å². The Morgan fingerprint density at radius 1 is 0.545 bits per heavy atom. The van der Waals surface area contributed by atoms with Crippen molar-refractivity contribution >= 4 is 19.2 Å². The van der Waals surface area contributed by atoms with Gasteiger partial charge in [0.25, 0.3) is 0 Å². The molecule has 4 rings (SSSR count). The fourth-order valence-electron chi connectivity index (χ4n) is 6.77. The molecular weight excluding hydrogens is 651 g/mol. The first-order valence-corrected chi connectivity index (χ1v) is 17.6. The first kappa shape index (κ1) is 42.8. The summed E-state index contributed by atoms with van der Waals surface area (Å²) in [6.45, 7) is 20.8. The smallest absolute Gasteiger partial charge is 1.00 e. The molecule has 0 nitrogen and oxygen atoms in total. The van der Waals surface area contributed by atoms with Gasteiger partial charge in [0.2, 0.25) is 0 Å². The summed E-state index contributed by atoms with van der Waals surface area (Å²) in [6, 6.07) is 23.3. The second-order valence-electron chi connectivity index (χ2n) is 12.6. The van der Waals surface area contributed by atoms with Crippen LogP contribution in [0.5, 0.6) is 0 Å². The van der Waals surface area contributed by atoms with E-state index in [9.17, 15) is 0 Å². The molecule has 0 amide bonds. The molecule has 0 aliphatic heterocycles. The van der Waals surface area contributed by atoms with Gasteiger partial charge in [0.15, 0.2) is 0 Å². The molecule has 44 heavy (non-hydrogen) atoms. The molecular formula is C39H51Cl3SiTi. The Morgan fingerprint density at radius 3 is 1.34 bits per heavy atom. The summed E-state index contributed by atoms with van der Waals surface area (Å²) < 4.78 is 0. The number of hydrogen-bond acceptors (Lipinski definition) is 0. The van der Waals surface area contributed by atoms with E-state index >= 15 is 0 Å². The van der Waals surface area contributed by atoms with Crippen molar-refractivity contribution < 1.29 is 58.9 Å². The van der Waals surface area contributed by atoms with E-state index in [1.54, 1.807) is 15.9 Å². The molecule has 4 aromatic rings. The molecule has 0 saturated heterocycles. The van der Waals surface area contributed by atoms with Crippen LogP contribution in [0.4, 0.5) is 0 Å². The maximum Gasteiger partial charge on any atom is 4.00 e. The molecule has 0 bridgehead atoms. The van der Waals surface area contributed by atoms with Crippen LogP contribution in [-0.2, 0) is 40.6 Å². The van der Waals surface area contributed by atoms with E-state index in [2.05, 4.69) is 117 Å². The average molecular weight is 702 g/mol. The zero-order valence-electron chi connectivity index (χ0n) is 28.4. The van der Waals surface area contributed by atoms with Gasteiger partial charge < -0.3 is 37.2 Å². The van der Waals surface area contributed by atoms with Gasteiger partial charge in [0.1, 0.15) is 0 Å². The van der Waals surface area contributed by atoms with Crippen LogP contribution < -0.4 is 47.6 Å². The Balaban J connectivity index is 0.00000462. The van der Waals surface area contributed by atoms with E-state index in [4.69, 9.17) is 0 Å². The van der Waals surface area contributed by atoms with Crippen LogP contribution in [0.15, 0.2) is 54.6 Å². The maximum absolute atomic E-state index is 2.53. The summed E-state index contributed by atoms with van der Waals surface area (Å²) in [5, 5.41) is 3.15. The predicted octanol–water partition coefficient (Wildman–Crippen LogP) is 0.0493. The van der Waals surface area contributed by atoms with Crippen LogP contribution in [0.1, 0.15) is 95.2 Å². The predicted molar refractivity (Wildman–Crippen MR) is 181 cm³/mol. The van der Waals surface area contributed by atoms with E-state index in [-0.39, 0.29) is 58.9 Å².